The fraction of sp³-hybridized carbons (Fsp3) is 0.0833. The number of nitrogens with one attached hydrogen (secondary N) is 2. The molecule has 0 spiro atoms. The van der Waals surface area contributed by atoms with Gasteiger partial charge in [-0.15, -0.1) is 0 Å². The zero-order chi connectivity index (χ0) is 13.8. The Balaban J connectivity index is 2.38. The summed E-state index contributed by atoms with van der Waals surface area (Å²) in [7, 11) is 1.63. The zero-order valence-corrected chi connectivity index (χ0v) is 10.7. The summed E-state index contributed by atoms with van der Waals surface area (Å²) in [5.41, 5.74) is 0.815. The molecular formula is C12H9ClFN5. The molecule has 0 bridgehead atoms. The van der Waals surface area contributed by atoms with Crippen molar-refractivity contribution < 1.29 is 4.39 Å². The van der Waals surface area contributed by atoms with E-state index in [9.17, 15) is 4.39 Å². The van der Waals surface area contributed by atoms with E-state index >= 15 is 0 Å². The van der Waals surface area contributed by atoms with E-state index in [4.69, 9.17) is 16.9 Å². The van der Waals surface area contributed by atoms with E-state index in [0.717, 1.165) is 6.20 Å². The average Bonchev–Trinajstić information content (AvgIpc) is 2.43. The highest BCUT2D eigenvalue weighted by molar-refractivity contribution is 6.33. The van der Waals surface area contributed by atoms with E-state index in [2.05, 4.69) is 20.6 Å². The van der Waals surface area contributed by atoms with Crippen LogP contribution in [0.1, 0.15) is 5.56 Å². The number of nitriles is 1. The molecule has 19 heavy (non-hydrogen) atoms. The highest BCUT2D eigenvalue weighted by Gasteiger charge is 2.09. The van der Waals surface area contributed by atoms with Gasteiger partial charge in [0.15, 0.2) is 11.6 Å². The lowest BCUT2D eigenvalue weighted by atomic mass is 10.2. The van der Waals surface area contributed by atoms with Gasteiger partial charge in [0.25, 0.3) is 0 Å². The van der Waals surface area contributed by atoms with E-state index in [1.807, 2.05) is 6.07 Å². The molecule has 0 aliphatic heterocycles. The molecular weight excluding hydrogens is 269 g/mol. The van der Waals surface area contributed by atoms with Gasteiger partial charge in [0.05, 0.1) is 28.5 Å². The largest absolute Gasteiger partial charge is 0.357 e. The molecule has 0 aliphatic rings. The van der Waals surface area contributed by atoms with Crippen LogP contribution in [0.3, 0.4) is 0 Å². The van der Waals surface area contributed by atoms with Crippen molar-refractivity contribution in [3.63, 3.8) is 0 Å². The Morgan fingerprint density at radius 3 is 2.89 bits per heavy atom. The van der Waals surface area contributed by atoms with Crippen molar-refractivity contribution in [2.75, 3.05) is 17.7 Å². The summed E-state index contributed by atoms with van der Waals surface area (Å²) in [4.78, 5) is 7.67. The van der Waals surface area contributed by atoms with Gasteiger partial charge in [-0.05, 0) is 18.2 Å². The van der Waals surface area contributed by atoms with Gasteiger partial charge < -0.3 is 10.6 Å². The lowest BCUT2D eigenvalue weighted by molar-refractivity contribution is 0.619. The van der Waals surface area contributed by atoms with Gasteiger partial charge in [0.1, 0.15) is 0 Å². The van der Waals surface area contributed by atoms with Crippen LogP contribution in [0.4, 0.5) is 21.8 Å². The molecule has 2 N–H and O–H groups in total. The quantitative estimate of drug-likeness (QED) is 0.902. The first-order valence-electron chi connectivity index (χ1n) is 5.31. The van der Waals surface area contributed by atoms with Crippen molar-refractivity contribution in [3.8, 4) is 6.07 Å². The Labute approximate surface area is 114 Å². The van der Waals surface area contributed by atoms with Crippen LogP contribution in [0.25, 0.3) is 0 Å². The highest BCUT2D eigenvalue weighted by atomic mass is 35.5. The maximum Gasteiger partial charge on any atom is 0.224 e. The lowest BCUT2D eigenvalue weighted by Crippen LogP contribution is -2.03. The number of hydrogen-bond acceptors (Lipinski definition) is 5. The van der Waals surface area contributed by atoms with Crippen LogP contribution in [0.2, 0.25) is 5.02 Å². The minimum absolute atomic E-state index is 0.0173. The molecule has 5 nitrogen and oxygen atoms in total. The predicted molar refractivity (Wildman–Crippen MR) is 71.0 cm³/mol. The zero-order valence-electron chi connectivity index (χ0n) is 9.91. The molecule has 2 aromatic rings. The Kier molecular flexibility index (Phi) is 3.78. The topological polar surface area (TPSA) is 73.6 Å². The maximum atomic E-state index is 13.6. The van der Waals surface area contributed by atoms with E-state index in [0.29, 0.717) is 16.3 Å². The second kappa shape index (κ2) is 5.50. The predicted octanol–water partition coefficient (Wildman–Crippen LogP) is 2.93. The first-order valence-corrected chi connectivity index (χ1v) is 5.69. The van der Waals surface area contributed by atoms with Gasteiger partial charge in [-0.25, -0.2) is 9.37 Å². The van der Waals surface area contributed by atoms with Crippen LogP contribution in [-0.2, 0) is 0 Å². The molecule has 1 aromatic carbocycles. The summed E-state index contributed by atoms with van der Waals surface area (Å²) in [5.74, 6) is -0.356. The van der Waals surface area contributed by atoms with Gasteiger partial charge in [0.2, 0.25) is 5.95 Å². The molecule has 1 heterocycles. The number of benzene rings is 1. The van der Waals surface area contributed by atoms with Crippen LogP contribution < -0.4 is 10.6 Å². The SMILES string of the molecule is CNc1ncc(F)c(Nc2cc(C#N)ccc2Cl)n1. The van der Waals surface area contributed by atoms with E-state index in [-0.39, 0.29) is 11.8 Å². The van der Waals surface area contributed by atoms with Gasteiger partial charge in [-0.2, -0.15) is 10.2 Å². The van der Waals surface area contributed by atoms with E-state index < -0.39 is 5.82 Å². The summed E-state index contributed by atoms with van der Waals surface area (Å²) in [6.07, 6.45) is 1.04. The van der Waals surface area contributed by atoms with Crippen LogP contribution in [-0.4, -0.2) is 17.0 Å². The Bertz CT molecular complexity index is 653. The van der Waals surface area contributed by atoms with Gasteiger partial charge in [-0.1, -0.05) is 11.6 Å². The van der Waals surface area contributed by atoms with Crippen molar-refractivity contribution in [1.82, 2.24) is 9.97 Å². The molecule has 96 valence electrons. The average molecular weight is 278 g/mol. The van der Waals surface area contributed by atoms with Gasteiger partial charge in [-0.3, -0.25) is 0 Å². The first kappa shape index (κ1) is 13.1. The number of hydrogen-bond donors (Lipinski definition) is 2. The molecule has 0 fully saturated rings. The molecule has 2 rings (SSSR count). The third-order valence-electron chi connectivity index (χ3n) is 2.32. The van der Waals surface area contributed by atoms with E-state index in [1.54, 1.807) is 19.2 Å². The van der Waals surface area contributed by atoms with Crippen LogP contribution in [0.15, 0.2) is 24.4 Å². The number of anilines is 3. The fourth-order valence-electron chi connectivity index (χ4n) is 1.39. The van der Waals surface area contributed by atoms with Crippen molar-refractivity contribution in [2.24, 2.45) is 0 Å². The van der Waals surface area contributed by atoms with E-state index in [1.165, 1.54) is 6.07 Å². The second-order valence-corrected chi connectivity index (χ2v) is 3.98. The number of halogens is 2. The summed E-state index contributed by atoms with van der Waals surface area (Å²) >= 11 is 5.98. The van der Waals surface area contributed by atoms with Crippen molar-refractivity contribution in [2.45, 2.75) is 0 Å². The highest BCUT2D eigenvalue weighted by Crippen LogP contribution is 2.26. The maximum absolute atomic E-state index is 13.6. The third-order valence-corrected chi connectivity index (χ3v) is 2.65. The van der Waals surface area contributed by atoms with Gasteiger partial charge >= 0.3 is 0 Å². The van der Waals surface area contributed by atoms with Crippen LogP contribution in [0, 0.1) is 17.1 Å². The van der Waals surface area contributed by atoms with Gasteiger partial charge in [0, 0.05) is 7.05 Å². The molecule has 7 heteroatoms. The Hall–Kier alpha value is -2.39. The molecule has 0 unspecified atom stereocenters. The minimum atomic E-state index is -0.613. The molecule has 0 amide bonds. The Morgan fingerprint density at radius 1 is 1.42 bits per heavy atom. The summed E-state index contributed by atoms with van der Waals surface area (Å²) in [6.45, 7) is 0. The normalized spacial score (nSPS) is 9.79. The van der Waals surface area contributed by atoms with Crippen LogP contribution in [0.5, 0.6) is 0 Å². The Morgan fingerprint density at radius 2 is 2.21 bits per heavy atom. The molecule has 0 radical (unpaired) electrons. The van der Waals surface area contributed by atoms with Crippen molar-refractivity contribution in [3.05, 3.63) is 40.8 Å². The number of rotatable bonds is 3. The second-order valence-electron chi connectivity index (χ2n) is 3.57. The third kappa shape index (κ3) is 2.89. The van der Waals surface area contributed by atoms with Crippen LogP contribution >= 0.6 is 11.6 Å². The number of nitrogens with zero attached hydrogens (tertiary/aromatic N) is 3. The summed E-state index contributed by atoms with van der Waals surface area (Å²) < 4.78 is 13.6. The lowest BCUT2D eigenvalue weighted by Gasteiger charge is -2.09. The molecule has 0 aliphatic carbocycles. The molecule has 1 aromatic heterocycles. The summed E-state index contributed by atoms with van der Waals surface area (Å²) in [6, 6.07) is 6.63. The molecule has 0 atom stereocenters. The minimum Gasteiger partial charge on any atom is -0.357 e. The fourth-order valence-corrected chi connectivity index (χ4v) is 1.56. The van der Waals surface area contributed by atoms with Crippen molar-refractivity contribution in [1.29, 1.82) is 5.26 Å². The number of aromatic nitrogens is 2. The van der Waals surface area contributed by atoms with Crippen molar-refractivity contribution >= 4 is 29.1 Å². The smallest absolute Gasteiger partial charge is 0.224 e. The monoisotopic (exact) mass is 277 g/mol. The molecule has 0 saturated heterocycles. The standard InChI is InChI=1S/C12H9ClFN5/c1-16-12-17-6-9(14)11(19-12)18-10-4-7(5-15)2-3-8(10)13/h2-4,6H,1H3,(H2,16,17,18,19). The summed E-state index contributed by atoms with van der Waals surface area (Å²) in [5, 5.41) is 14.6. The first-order chi connectivity index (χ1) is 9.13. The molecule has 0 saturated carbocycles.